The minimum Gasteiger partial charge on any atom is -0.271 e. The van der Waals surface area contributed by atoms with Gasteiger partial charge in [-0.3, -0.25) is 9.67 Å². The lowest BCUT2D eigenvalue weighted by Gasteiger charge is -2.10. The smallest absolute Gasteiger partial charge is 0.199 e. The lowest BCUT2D eigenvalue weighted by Crippen LogP contribution is -2.01. The Kier molecular flexibility index (Phi) is 5.76. The quantitative estimate of drug-likeness (QED) is 0.558. The van der Waals surface area contributed by atoms with Gasteiger partial charge in [0.2, 0.25) is 0 Å². The van der Waals surface area contributed by atoms with Crippen molar-refractivity contribution in [2.75, 3.05) is 0 Å². The minimum absolute atomic E-state index is 0.524. The van der Waals surface area contributed by atoms with E-state index in [1.165, 1.54) is 16.7 Å². The number of hydrogen-bond acceptors (Lipinski definition) is 3. The summed E-state index contributed by atoms with van der Waals surface area (Å²) in [6.07, 6.45) is 0. The summed E-state index contributed by atoms with van der Waals surface area (Å²) in [5.74, 6) is 3.27. The second-order valence-electron chi connectivity index (χ2n) is 6.45. The third kappa shape index (κ3) is 4.22. The highest BCUT2D eigenvalue weighted by Gasteiger charge is 2.09. The maximum atomic E-state index is 5.44. The van der Waals surface area contributed by atoms with Gasteiger partial charge in [0.1, 0.15) is 5.82 Å². The van der Waals surface area contributed by atoms with Crippen LogP contribution in [-0.2, 0) is 11.5 Å². The Hall–Kier alpha value is -1.85. The fourth-order valence-electron chi connectivity index (χ4n) is 2.73. The number of nitrogens with one attached hydrogen (secondary N) is 1. The van der Waals surface area contributed by atoms with Crippen LogP contribution >= 0.6 is 24.0 Å². The fraction of sp³-hybridized carbons (Fsp3) is 0.300. The molecule has 0 amide bonds. The molecule has 0 saturated carbocycles. The molecule has 0 atom stereocenters. The largest absolute Gasteiger partial charge is 0.271 e. The van der Waals surface area contributed by atoms with Crippen molar-refractivity contribution in [1.29, 1.82) is 0 Å². The average Bonchev–Trinajstić information content (AvgIpc) is 2.97. The normalized spacial score (nSPS) is 11.2. The molecule has 25 heavy (non-hydrogen) atoms. The lowest BCUT2D eigenvalue weighted by atomic mass is 10.0. The van der Waals surface area contributed by atoms with E-state index in [0.29, 0.717) is 10.7 Å². The number of hydrogen-bond donors (Lipinski definition) is 1. The summed E-state index contributed by atoms with van der Waals surface area (Å²) in [4.78, 5) is 0. The molecule has 0 radical (unpaired) electrons. The van der Waals surface area contributed by atoms with Crippen LogP contribution < -0.4 is 0 Å². The van der Waals surface area contributed by atoms with E-state index in [-0.39, 0.29) is 0 Å². The molecule has 0 saturated heterocycles. The summed E-state index contributed by atoms with van der Waals surface area (Å²) in [6, 6.07) is 17.1. The van der Waals surface area contributed by atoms with Crippen LogP contribution in [0.3, 0.4) is 0 Å². The molecule has 1 heterocycles. The summed E-state index contributed by atoms with van der Waals surface area (Å²) >= 11 is 7.29. The van der Waals surface area contributed by atoms with Gasteiger partial charge < -0.3 is 0 Å². The lowest BCUT2D eigenvalue weighted by molar-refractivity contribution is 0.863. The van der Waals surface area contributed by atoms with Crippen LogP contribution in [0.5, 0.6) is 0 Å². The first-order chi connectivity index (χ1) is 12.1. The topological polar surface area (TPSA) is 33.6 Å². The maximum Gasteiger partial charge on any atom is 0.199 e. The van der Waals surface area contributed by atoms with Crippen molar-refractivity contribution >= 4 is 24.0 Å². The molecule has 130 valence electrons. The van der Waals surface area contributed by atoms with Crippen LogP contribution in [0.2, 0.25) is 0 Å². The number of rotatable bonds is 6. The fourth-order valence-corrected chi connectivity index (χ4v) is 4.00. The molecule has 1 aromatic heterocycles. The van der Waals surface area contributed by atoms with E-state index in [1.807, 2.05) is 16.3 Å². The predicted molar refractivity (Wildman–Crippen MR) is 109 cm³/mol. The van der Waals surface area contributed by atoms with E-state index >= 15 is 0 Å². The molecule has 0 aliphatic heterocycles. The third-order valence-corrected chi connectivity index (χ3v) is 5.56. The number of aromatic amines is 1. The molecular formula is C20H23N3S2. The number of aryl methyl sites for hydroxylation is 1. The van der Waals surface area contributed by atoms with Gasteiger partial charge in [-0.05, 0) is 53.9 Å². The second kappa shape index (κ2) is 8.02. The van der Waals surface area contributed by atoms with Gasteiger partial charge >= 0.3 is 0 Å². The van der Waals surface area contributed by atoms with Crippen LogP contribution in [0.15, 0.2) is 48.5 Å². The van der Waals surface area contributed by atoms with Gasteiger partial charge in [-0.25, -0.2) is 0 Å². The SMILES string of the molecule is Cc1ccccc1CSCc1n[nH]c(=S)n1-c1ccc(C(C)C)cc1. The van der Waals surface area contributed by atoms with Gasteiger partial charge in [-0.15, -0.1) is 11.8 Å². The molecule has 3 aromatic rings. The van der Waals surface area contributed by atoms with E-state index in [1.54, 1.807) is 0 Å². The van der Waals surface area contributed by atoms with E-state index < -0.39 is 0 Å². The van der Waals surface area contributed by atoms with Gasteiger partial charge in [-0.2, -0.15) is 5.10 Å². The summed E-state index contributed by atoms with van der Waals surface area (Å²) in [5.41, 5.74) is 5.09. The summed E-state index contributed by atoms with van der Waals surface area (Å²) in [6.45, 7) is 6.56. The first kappa shape index (κ1) is 18.0. The van der Waals surface area contributed by atoms with Crippen molar-refractivity contribution in [2.24, 2.45) is 0 Å². The third-order valence-electron chi connectivity index (χ3n) is 4.31. The van der Waals surface area contributed by atoms with Crippen molar-refractivity contribution in [2.45, 2.75) is 38.2 Å². The van der Waals surface area contributed by atoms with E-state index in [2.05, 4.69) is 79.5 Å². The van der Waals surface area contributed by atoms with Crippen molar-refractivity contribution in [3.05, 3.63) is 75.8 Å². The van der Waals surface area contributed by atoms with E-state index in [4.69, 9.17) is 12.2 Å². The Balaban J connectivity index is 1.75. The van der Waals surface area contributed by atoms with Crippen molar-refractivity contribution in [3.63, 3.8) is 0 Å². The zero-order valence-electron chi connectivity index (χ0n) is 14.8. The number of H-pyrrole nitrogens is 1. The molecular weight excluding hydrogens is 346 g/mol. The Bertz CT molecular complexity index is 892. The highest BCUT2D eigenvalue weighted by Crippen LogP contribution is 2.22. The molecule has 1 N–H and O–H groups in total. The van der Waals surface area contributed by atoms with Crippen molar-refractivity contribution in [3.8, 4) is 5.69 Å². The zero-order chi connectivity index (χ0) is 17.8. The predicted octanol–water partition coefficient (Wildman–Crippen LogP) is 5.80. The second-order valence-corrected chi connectivity index (χ2v) is 7.82. The zero-order valence-corrected chi connectivity index (χ0v) is 16.5. The average molecular weight is 370 g/mol. The van der Waals surface area contributed by atoms with Gasteiger partial charge in [0.25, 0.3) is 0 Å². The van der Waals surface area contributed by atoms with Crippen LogP contribution in [0.1, 0.15) is 42.3 Å². The number of aromatic nitrogens is 3. The monoisotopic (exact) mass is 369 g/mol. The molecule has 3 nitrogen and oxygen atoms in total. The Morgan fingerprint density at radius 2 is 1.80 bits per heavy atom. The molecule has 2 aromatic carbocycles. The summed E-state index contributed by atoms with van der Waals surface area (Å²) in [7, 11) is 0. The highest BCUT2D eigenvalue weighted by molar-refractivity contribution is 7.97. The molecule has 0 bridgehead atoms. The molecule has 0 fully saturated rings. The summed E-state index contributed by atoms with van der Waals surface area (Å²) < 4.78 is 2.67. The van der Waals surface area contributed by atoms with Crippen LogP contribution in [0, 0.1) is 11.7 Å². The van der Waals surface area contributed by atoms with Crippen LogP contribution in [-0.4, -0.2) is 14.8 Å². The van der Waals surface area contributed by atoms with Gasteiger partial charge in [0, 0.05) is 11.4 Å². The van der Waals surface area contributed by atoms with Crippen LogP contribution in [0.25, 0.3) is 5.69 Å². The molecule has 0 unspecified atom stereocenters. The molecule has 0 spiro atoms. The van der Waals surface area contributed by atoms with E-state index in [9.17, 15) is 0 Å². The highest BCUT2D eigenvalue weighted by atomic mass is 32.2. The van der Waals surface area contributed by atoms with Crippen molar-refractivity contribution < 1.29 is 0 Å². The van der Waals surface area contributed by atoms with E-state index in [0.717, 1.165) is 23.0 Å². The molecule has 0 aliphatic rings. The van der Waals surface area contributed by atoms with Crippen molar-refractivity contribution in [1.82, 2.24) is 14.8 Å². The standard InChI is InChI=1S/C20H23N3S2/c1-14(2)16-8-10-18(11-9-16)23-19(21-22-20(23)24)13-25-12-17-7-5-4-6-15(17)3/h4-11,14H,12-13H2,1-3H3,(H,22,24). The van der Waals surface area contributed by atoms with Gasteiger partial charge in [0.05, 0.1) is 5.75 Å². The number of nitrogens with zero attached hydrogens (tertiary/aromatic N) is 2. The van der Waals surface area contributed by atoms with Gasteiger partial charge in [-0.1, -0.05) is 50.2 Å². The maximum absolute atomic E-state index is 5.44. The number of benzene rings is 2. The first-order valence-corrected chi connectivity index (χ1v) is 10.0. The molecule has 0 aliphatic carbocycles. The van der Waals surface area contributed by atoms with Crippen LogP contribution in [0.4, 0.5) is 0 Å². The Morgan fingerprint density at radius 3 is 2.48 bits per heavy atom. The minimum atomic E-state index is 0.524. The Labute approximate surface area is 158 Å². The Morgan fingerprint density at radius 1 is 1.08 bits per heavy atom. The summed E-state index contributed by atoms with van der Waals surface area (Å²) in [5, 5.41) is 7.36. The first-order valence-electron chi connectivity index (χ1n) is 8.45. The molecule has 3 rings (SSSR count). The molecule has 5 heteroatoms. The van der Waals surface area contributed by atoms with Gasteiger partial charge in [0.15, 0.2) is 4.77 Å². The number of thioether (sulfide) groups is 1.